The minimum atomic E-state index is 0. The smallest absolute Gasteiger partial charge is 0.201 e. The number of imidazole rings is 1. The highest BCUT2D eigenvalue weighted by atomic mass is 79.9. The van der Waals surface area contributed by atoms with Gasteiger partial charge in [-0.15, -0.1) is 17.0 Å². The fraction of sp³-hybridized carbons (Fsp3) is 0.300. The van der Waals surface area contributed by atoms with Crippen molar-refractivity contribution >= 4 is 45.6 Å². The zero-order valence-corrected chi connectivity index (χ0v) is 11.0. The summed E-state index contributed by atoms with van der Waals surface area (Å²) >= 11 is 5.87. The molecule has 5 heteroatoms. The molecule has 0 spiro atoms. The first-order valence-electron chi connectivity index (χ1n) is 4.52. The van der Waals surface area contributed by atoms with Crippen molar-refractivity contribution in [2.75, 3.05) is 5.73 Å². The molecule has 0 atom stereocenters. The average Bonchev–Trinajstić information content (AvgIpc) is 2.39. The van der Waals surface area contributed by atoms with Gasteiger partial charge >= 0.3 is 0 Å². The van der Waals surface area contributed by atoms with Gasteiger partial charge in [0.15, 0.2) is 0 Å². The maximum Gasteiger partial charge on any atom is 0.201 e. The number of hydrogen-bond donors (Lipinski definition) is 1. The van der Waals surface area contributed by atoms with Crippen LogP contribution >= 0.6 is 28.6 Å². The molecule has 82 valence electrons. The van der Waals surface area contributed by atoms with Crippen LogP contribution in [0.15, 0.2) is 18.2 Å². The van der Waals surface area contributed by atoms with Crippen molar-refractivity contribution in [2.24, 2.45) is 0 Å². The molecule has 0 bridgehead atoms. The van der Waals surface area contributed by atoms with Crippen molar-refractivity contribution in [1.29, 1.82) is 0 Å². The van der Waals surface area contributed by atoms with Gasteiger partial charge in [-0.25, -0.2) is 4.98 Å². The summed E-state index contributed by atoms with van der Waals surface area (Å²) in [7, 11) is 0. The molecule has 0 radical (unpaired) electrons. The van der Waals surface area contributed by atoms with E-state index in [1.54, 1.807) is 0 Å². The van der Waals surface area contributed by atoms with E-state index in [9.17, 15) is 0 Å². The molecule has 2 rings (SSSR count). The standard InChI is InChI=1S/C10H12ClN3.BrH/c1-6(2)14-9-4-3-7(11)5-8(9)13-10(14)12;/h3-6H,1-2H3,(H2,12,13);1H. The summed E-state index contributed by atoms with van der Waals surface area (Å²) in [5.41, 5.74) is 7.69. The normalized spacial score (nSPS) is 10.7. The fourth-order valence-electron chi connectivity index (χ4n) is 1.63. The molecule has 0 aliphatic heterocycles. The van der Waals surface area contributed by atoms with E-state index in [0.717, 1.165) is 11.0 Å². The third-order valence-corrected chi connectivity index (χ3v) is 2.43. The van der Waals surface area contributed by atoms with Crippen molar-refractivity contribution in [1.82, 2.24) is 9.55 Å². The molecule has 0 saturated heterocycles. The van der Waals surface area contributed by atoms with E-state index in [-0.39, 0.29) is 17.0 Å². The number of aromatic nitrogens is 2. The van der Waals surface area contributed by atoms with Crippen LogP contribution in [0.25, 0.3) is 11.0 Å². The Bertz CT molecular complexity index is 479. The Kier molecular flexibility index (Phi) is 3.62. The first kappa shape index (κ1) is 12.3. The topological polar surface area (TPSA) is 43.8 Å². The molecule has 0 aliphatic carbocycles. The third kappa shape index (κ3) is 2.11. The lowest BCUT2D eigenvalue weighted by Gasteiger charge is -2.09. The molecule has 2 N–H and O–H groups in total. The minimum absolute atomic E-state index is 0. The number of rotatable bonds is 1. The summed E-state index contributed by atoms with van der Waals surface area (Å²) in [6.45, 7) is 4.15. The highest BCUT2D eigenvalue weighted by molar-refractivity contribution is 8.93. The lowest BCUT2D eigenvalue weighted by atomic mass is 10.3. The first-order chi connectivity index (χ1) is 6.59. The second-order valence-electron chi connectivity index (χ2n) is 3.57. The Balaban J connectivity index is 0.00000112. The van der Waals surface area contributed by atoms with Gasteiger partial charge in [0.05, 0.1) is 11.0 Å². The molecule has 0 amide bonds. The molecule has 3 nitrogen and oxygen atoms in total. The lowest BCUT2D eigenvalue weighted by Crippen LogP contribution is -2.05. The van der Waals surface area contributed by atoms with Gasteiger partial charge in [-0.3, -0.25) is 0 Å². The molecule has 0 unspecified atom stereocenters. The Morgan fingerprint density at radius 2 is 2.07 bits per heavy atom. The Morgan fingerprint density at radius 3 is 2.67 bits per heavy atom. The van der Waals surface area contributed by atoms with Gasteiger partial charge in [-0.1, -0.05) is 11.6 Å². The minimum Gasteiger partial charge on any atom is -0.369 e. The molecular weight excluding hydrogens is 277 g/mol. The number of halogens is 2. The molecule has 0 saturated carbocycles. The van der Waals surface area contributed by atoms with Crippen LogP contribution in [-0.2, 0) is 0 Å². The number of fused-ring (bicyclic) bond motifs is 1. The number of anilines is 1. The summed E-state index contributed by atoms with van der Waals surface area (Å²) in [6, 6.07) is 5.93. The summed E-state index contributed by atoms with van der Waals surface area (Å²) < 4.78 is 1.99. The van der Waals surface area contributed by atoms with E-state index in [1.807, 2.05) is 22.8 Å². The van der Waals surface area contributed by atoms with E-state index in [4.69, 9.17) is 17.3 Å². The fourth-order valence-corrected chi connectivity index (χ4v) is 1.80. The van der Waals surface area contributed by atoms with Crippen LogP contribution in [0.5, 0.6) is 0 Å². The highest BCUT2D eigenvalue weighted by Gasteiger charge is 2.10. The molecule has 2 aromatic rings. The van der Waals surface area contributed by atoms with Crippen LogP contribution in [0.1, 0.15) is 19.9 Å². The van der Waals surface area contributed by atoms with Crippen molar-refractivity contribution in [3.63, 3.8) is 0 Å². The molecule has 15 heavy (non-hydrogen) atoms. The van der Waals surface area contributed by atoms with Crippen molar-refractivity contribution in [2.45, 2.75) is 19.9 Å². The van der Waals surface area contributed by atoms with Gasteiger partial charge in [0.2, 0.25) is 5.95 Å². The van der Waals surface area contributed by atoms with Crippen molar-refractivity contribution < 1.29 is 0 Å². The summed E-state index contributed by atoms with van der Waals surface area (Å²) in [4.78, 5) is 4.25. The lowest BCUT2D eigenvalue weighted by molar-refractivity contribution is 0.627. The van der Waals surface area contributed by atoms with Crippen LogP contribution in [-0.4, -0.2) is 9.55 Å². The van der Waals surface area contributed by atoms with Gasteiger partial charge in [0.1, 0.15) is 0 Å². The quantitative estimate of drug-likeness (QED) is 0.874. The van der Waals surface area contributed by atoms with Gasteiger partial charge in [0, 0.05) is 11.1 Å². The SMILES string of the molecule is Br.CC(C)n1c(N)nc2cc(Cl)ccc21. The molecule has 1 aromatic carbocycles. The van der Waals surface area contributed by atoms with Crippen LogP contribution < -0.4 is 5.73 Å². The summed E-state index contributed by atoms with van der Waals surface area (Å²) in [5, 5.41) is 0.686. The largest absolute Gasteiger partial charge is 0.369 e. The monoisotopic (exact) mass is 289 g/mol. The zero-order chi connectivity index (χ0) is 10.3. The van der Waals surface area contributed by atoms with Gasteiger partial charge in [-0.05, 0) is 32.0 Å². The number of nitrogen functional groups attached to an aromatic ring is 1. The Hall–Kier alpha value is -0.740. The molecule has 0 aliphatic rings. The number of benzene rings is 1. The van der Waals surface area contributed by atoms with Crippen LogP contribution in [0.3, 0.4) is 0 Å². The maximum atomic E-state index is 5.87. The zero-order valence-electron chi connectivity index (χ0n) is 8.57. The molecular formula is C10H13BrClN3. The highest BCUT2D eigenvalue weighted by Crippen LogP contribution is 2.24. The van der Waals surface area contributed by atoms with Crippen molar-refractivity contribution in [3.05, 3.63) is 23.2 Å². The van der Waals surface area contributed by atoms with Gasteiger partial charge < -0.3 is 10.3 Å². The maximum absolute atomic E-state index is 5.87. The van der Waals surface area contributed by atoms with E-state index in [0.29, 0.717) is 17.0 Å². The van der Waals surface area contributed by atoms with E-state index in [2.05, 4.69) is 18.8 Å². The number of nitrogens with zero attached hydrogens (tertiary/aromatic N) is 2. The predicted molar refractivity (Wildman–Crippen MR) is 69.9 cm³/mol. The second-order valence-corrected chi connectivity index (χ2v) is 4.00. The predicted octanol–water partition coefficient (Wildman–Crippen LogP) is 3.43. The summed E-state index contributed by atoms with van der Waals surface area (Å²) in [5.74, 6) is 0.539. The van der Waals surface area contributed by atoms with Gasteiger partial charge in [0.25, 0.3) is 0 Å². The Morgan fingerprint density at radius 1 is 1.40 bits per heavy atom. The van der Waals surface area contributed by atoms with Crippen molar-refractivity contribution in [3.8, 4) is 0 Å². The molecule has 0 fully saturated rings. The first-order valence-corrected chi connectivity index (χ1v) is 4.90. The second kappa shape index (κ2) is 4.41. The van der Waals surface area contributed by atoms with E-state index in [1.165, 1.54) is 0 Å². The third-order valence-electron chi connectivity index (χ3n) is 2.20. The van der Waals surface area contributed by atoms with Crippen LogP contribution in [0.2, 0.25) is 5.02 Å². The summed E-state index contributed by atoms with van der Waals surface area (Å²) in [6.07, 6.45) is 0. The molecule has 1 aromatic heterocycles. The number of nitrogens with two attached hydrogens (primary N) is 1. The average molecular weight is 291 g/mol. The van der Waals surface area contributed by atoms with Crippen LogP contribution in [0, 0.1) is 0 Å². The number of hydrogen-bond acceptors (Lipinski definition) is 2. The molecule has 1 heterocycles. The Labute approximate surface area is 104 Å². The van der Waals surface area contributed by atoms with Crippen LogP contribution in [0.4, 0.5) is 5.95 Å². The van der Waals surface area contributed by atoms with E-state index >= 15 is 0 Å². The van der Waals surface area contributed by atoms with E-state index < -0.39 is 0 Å². The van der Waals surface area contributed by atoms with Gasteiger partial charge in [-0.2, -0.15) is 0 Å².